The zero-order valence-electron chi connectivity index (χ0n) is 7.79. The second-order valence-electron chi connectivity index (χ2n) is 2.86. The van der Waals surface area contributed by atoms with Crippen molar-refractivity contribution in [2.24, 2.45) is 0 Å². The van der Waals surface area contributed by atoms with Crippen LogP contribution < -0.4 is 5.32 Å². The van der Waals surface area contributed by atoms with Gasteiger partial charge in [0.1, 0.15) is 0 Å². The van der Waals surface area contributed by atoms with Crippen molar-refractivity contribution in [1.82, 2.24) is 5.32 Å². The molecule has 0 aliphatic carbocycles. The van der Waals surface area contributed by atoms with E-state index in [1.807, 2.05) is 13.0 Å². The molecule has 1 atom stereocenters. The number of carbonyl (C=O) groups excluding carboxylic acids is 1. The summed E-state index contributed by atoms with van der Waals surface area (Å²) < 4.78 is 0.930. The third-order valence-electron chi connectivity index (χ3n) is 1.85. The van der Waals surface area contributed by atoms with Crippen molar-refractivity contribution in [2.75, 3.05) is 6.61 Å². The summed E-state index contributed by atoms with van der Waals surface area (Å²) in [5.74, 6) is -0.124. The fourth-order valence-corrected chi connectivity index (χ4v) is 2.26. The van der Waals surface area contributed by atoms with Crippen LogP contribution in [-0.2, 0) is 0 Å². The number of hydrogen-bond donors (Lipinski definition) is 2. The van der Waals surface area contributed by atoms with Gasteiger partial charge >= 0.3 is 0 Å². The molecule has 0 fully saturated rings. The molecule has 0 spiro atoms. The molecule has 1 amide bonds. The maximum atomic E-state index is 11.6. The zero-order chi connectivity index (χ0) is 10.6. The van der Waals surface area contributed by atoms with Crippen LogP contribution in [0, 0.1) is 0 Å². The molecule has 0 aliphatic rings. The second-order valence-corrected chi connectivity index (χ2v) is 5.33. The van der Waals surface area contributed by atoms with Crippen molar-refractivity contribution < 1.29 is 9.90 Å². The van der Waals surface area contributed by atoms with Crippen molar-refractivity contribution >= 4 is 33.2 Å². The van der Waals surface area contributed by atoms with E-state index in [-0.39, 0.29) is 18.6 Å². The molecule has 0 saturated carbocycles. The predicted octanol–water partition coefficient (Wildman–Crippen LogP) is 2.01. The van der Waals surface area contributed by atoms with E-state index in [4.69, 9.17) is 5.11 Å². The number of halogens is 1. The van der Waals surface area contributed by atoms with E-state index in [9.17, 15) is 4.79 Å². The fourth-order valence-electron chi connectivity index (χ4n) is 0.970. The Hall–Kier alpha value is -0.390. The summed E-state index contributed by atoms with van der Waals surface area (Å²) in [7, 11) is 0. The van der Waals surface area contributed by atoms with Crippen molar-refractivity contribution in [3.63, 3.8) is 0 Å². The van der Waals surface area contributed by atoms with Gasteiger partial charge in [0.05, 0.1) is 21.3 Å². The standard InChI is InChI=1S/C9H12BrNO2S/c1-2-6(5-12)11-9(13)7-3-4-8(10)14-7/h3-4,6,12H,2,5H2,1H3,(H,11,13). The highest BCUT2D eigenvalue weighted by Gasteiger charge is 2.12. The average Bonchev–Trinajstić information content (AvgIpc) is 2.61. The largest absolute Gasteiger partial charge is 0.394 e. The number of amides is 1. The Kier molecular flexibility index (Phi) is 4.57. The number of thiophene rings is 1. The summed E-state index contributed by atoms with van der Waals surface area (Å²) in [6, 6.07) is 3.44. The van der Waals surface area contributed by atoms with E-state index in [0.29, 0.717) is 4.88 Å². The minimum Gasteiger partial charge on any atom is -0.394 e. The molecular weight excluding hydrogens is 266 g/mol. The molecule has 0 aliphatic heterocycles. The number of nitrogens with one attached hydrogen (secondary N) is 1. The first kappa shape index (κ1) is 11.7. The first-order valence-electron chi connectivity index (χ1n) is 4.34. The monoisotopic (exact) mass is 277 g/mol. The van der Waals surface area contributed by atoms with Crippen LogP contribution in [0.3, 0.4) is 0 Å². The SMILES string of the molecule is CCC(CO)NC(=O)c1ccc(Br)s1. The molecule has 0 aromatic carbocycles. The number of rotatable bonds is 4. The second kappa shape index (κ2) is 5.48. The lowest BCUT2D eigenvalue weighted by Gasteiger charge is -2.12. The molecule has 5 heteroatoms. The van der Waals surface area contributed by atoms with Gasteiger partial charge in [-0.25, -0.2) is 0 Å². The summed E-state index contributed by atoms with van der Waals surface area (Å²) in [6.07, 6.45) is 0.731. The van der Waals surface area contributed by atoms with E-state index in [0.717, 1.165) is 10.2 Å². The minimum absolute atomic E-state index is 0.0191. The molecule has 1 rings (SSSR count). The summed E-state index contributed by atoms with van der Waals surface area (Å²) in [5.41, 5.74) is 0. The van der Waals surface area contributed by atoms with Crippen molar-refractivity contribution in [3.8, 4) is 0 Å². The van der Waals surface area contributed by atoms with E-state index in [1.165, 1.54) is 11.3 Å². The molecule has 1 heterocycles. The molecule has 1 unspecified atom stereocenters. The van der Waals surface area contributed by atoms with Gasteiger partial charge in [0.25, 0.3) is 5.91 Å². The Morgan fingerprint density at radius 1 is 1.71 bits per heavy atom. The predicted molar refractivity (Wildman–Crippen MR) is 60.7 cm³/mol. The van der Waals surface area contributed by atoms with Gasteiger partial charge < -0.3 is 10.4 Å². The molecule has 0 saturated heterocycles. The molecule has 3 nitrogen and oxygen atoms in total. The Balaban J connectivity index is 2.58. The molecule has 2 N–H and O–H groups in total. The first-order valence-corrected chi connectivity index (χ1v) is 5.95. The fraction of sp³-hybridized carbons (Fsp3) is 0.444. The molecule has 78 valence electrons. The topological polar surface area (TPSA) is 49.3 Å². The van der Waals surface area contributed by atoms with Gasteiger partial charge in [-0.05, 0) is 34.5 Å². The third kappa shape index (κ3) is 3.08. The number of carbonyl (C=O) groups is 1. The highest BCUT2D eigenvalue weighted by Crippen LogP contribution is 2.21. The van der Waals surface area contributed by atoms with Crippen molar-refractivity contribution in [1.29, 1.82) is 0 Å². The van der Waals surface area contributed by atoms with Gasteiger partial charge in [-0.2, -0.15) is 0 Å². The van der Waals surface area contributed by atoms with E-state index in [2.05, 4.69) is 21.2 Å². The van der Waals surface area contributed by atoms with Crippen LogP contribution in [-0.4, -0.2) is 23.7 Å². The lowest BCUT2D eigenvalue weighted by molar-refractivity contribution is 0.0919. The van der Waals surface area contributed by atoms with Gasteiger partial charge in [0.2, 0.25) is 0 Å². The zero-order valence-corrected chi connectivity index (χ0v) is 10.2. The Morgan fingerprint density at radius 3 is 2.86 bits per heavy atom. The number of aliphatic hydroxyl groups excluding tert-OH is 1. The van der Waals surface area contributed by atoms with Crippen molar-refractivity contribution in [3.05, 3.63) is 20.8 Å². The first-order chi connectivity index (χ1) is 6.67. The Labute approximate surface area is 95.3 Å². The third-order valence-corrected chi connectivity index (χ3v) is 3.47. The highest BCUT2D eigenvalue weighted by molar-refractivity contribution is 9.11. The quantitative estimate of drug-likeness (QED) is 0.885. The summed E-state index contributed by atoms with van der Waals surface area (Å²) in [5, 5.41) is 11.7. The van der Waals surface area contributed by atoms with Crippen LogP contribution in [0.5, 0.6) is 0 Å². The lowest BCUT2D eigenvalue weighted by Crippen LogP contribution is -2.36. The Morgan fingerprint density at radius 2 is 2.43 bits per heavy atom. The Bertz CT molecular complexity index is 310. The smallest absolute Gasteiger partial charge is 0.261 e. The maximum absolute atomic E-state index is 11.6. The molecule has 1 aromatic rings. The molecule has 1 aromatic heterocycles. The molecule has 14 heavy (non-hydrogen) atoms. The van der Waals surface area contributed by atoms with Crippen LogP contribution in [0.1, 0.15) is 23.0 Å². The lowest BCUT2D eigenvalue weighted by atomic mass is 10.2. The maximum Gasteiger partial charge on any atom is 0.261 e. The number of aliphatic hydroxyl groups is 1. The number of hydrogen-bond acceptors (Lipinski definition) is 3. The molecular formula is C9H12BrNO2S. The highest BCUT2D eigenvalue weighted by atomic mass is 79.9. The normalized spacial score (nSPS) is 12.5. The summed E-state index contributed by atoms with van der Waals surface area (Å²) in [6.45, 7) is 1.90. The van der Waals surface area contributed by atoms with E-state index >= 15 is 0 Å². The van der Waals surface area contributed by atoms with Gasteiger partial charge in [-0.15, -0.1) is 11.3 Å². The average molecular weight is 278 g/mol. The summed E-state index contributed by atoms with van der Waals surface area (Å²) in [4.78, 5) is 12.2. The van der Waals surface area contributed by atoms with Crippen molar-refractivity contribution in [2.45, 2.75) is 19.4 Å². The van der Waals surface area contributed by atoms with Gasteiger partial charge in [-0.1, -0.05) is 6.92 Å². The van der Waals surface area contributed by atoms with Gasteiger partial charge in [0.15, 0.2) is 0 Å². The summed E-state index contributed by atoms with van der Waals surface area (Å²) >= 11 is 4.67. The molecule has 0 radical (unpaired) electrons. The van der Waals surface area contributed by atoms with E-state index in [1.54, 1.807) is 6.07 Å². The van der Waals surface area contributed by atoms with Crippen LogP contribution in [0.4, 0.5) is 0 Å². The van der Waals surface area contributed by atoms with E-state index < -0.39 is 0 Å². The van der Waals surface area contributed by atoms with Gasteiger partial charge in [0, 0.05) is 0 Å². The van der Waals surface area contributed by atoms with Crippen LogP contribution >= 0.6 is 27.3 Å². The van der Waals surface area contributed by atoms with Crippen LogP contribution in [0.2, 0.25) is 0 Å². The van der Waals surface area contributed by atoms with Crippen LogP contribution in [0.25, 0.3) is 0 Å². The molecule has 0 bridgehead atoms. The van der Waals surface area contributed by atoms with Crippen LogP contribution in [0.15, 0.2) is 15.9 Å². The minimum atomic E-state index is -0.150. The van der Waals surface area contributed by atoms with Gasteiger partial charge in [-0.3, -0.25) is 4.79 Å².